The van der Waals surface area contributed by atoms with Crippen molar-refractivity contribution in [2.24, 2.45) is 5.73 Å². The Hall–Kier alpha value is -1.30. The molecule has 1 aromatic rings. The number of methoxy groups -OCH3 is 1. The topological polar surface area (TPSA) is 78.6 Å². The molecule has 0 aliphatic heterocycles. The predicted octanol–water partition coefficient (Wildman–Crippen LogP) is 3.95. The molecule has 0 radical (unpaired) electrons. The Morgan fingerprint density at radius 1 is 1.20 bits per heavy atom. The summed E-state index contributed by atoms with van der Waals surface area (Å²) in [6, 6.07) is 2.72. The highest BCUT2D eigenvalue weighted by Gasteiger charge is 2.20. The standard InChI is InChI=1S/C18H25Cl2NO4/c1-18(2,3)25-15(23)10-8-13(21)14(22)9-6-11-5-7-12(19)16(20)17(11)24-4/h5,7,13H,6,8-10,21H2,1-4H3/t13-/m1/s1. The number of aryl methyl sites for hydroxylation is 1. The predicted molar refractivity (Wildman–Crippen MR) is 99.4 cm³/mol. The van der Waals surface area contributed by atoms with Crippen LogP contribution in [0.4, 0.5) is 0 Å². The van der Waals surface area contributed by atoms with E-state index >= 15 is 0 Å². The van der Waals surface area contributed by atoms with Crippen molar-refractivity contribution < 1.29 is 19.1 Å². The molecule has 0 aliphatic rings. The van der Waals surface area contributed by atoms with Gasteiger partial charge in [-0.2, -0.15) is 0 Å². The summed E-state index contributed by atoms with van der Waals surface area (Å²) in [5.41, 5.74) is 6.12. The monoisotopic (exact) mass is 389 g/mol. The summed E-state index contributed by atoms with van der Waals surface area (Å²) in [6.45, 7) is 5.38. The van der Waals surface area contributed by atoms with Gasteiger partial charge in [0.1, 0.15) is 22.2 Å². The average molecular weight is 390 g/mol. The van der Waals surface area contributed by atoms with Crippen molar-refractivity contribution in [1.82, 2.24) is 0 Å². The van der Waals surface area contributed by atoms with Crippen molar-refractivity contribution in [3.05, 3.63) is 27.7 Å². The average Bonchev–Trinajstić information content (AvgIpc) is 2.51. The van der Waals surface area contributed by atoms with Crippen LogP contribution in [0.5, 0.6) is 5.75 Å². The minimum atomic E-state index is -0.707. The quantitative estimate of drug-likeness (QED) is 0.680. The van der Waals surface area contributed by atoms with E-state index in [1.54, 1.807) is 32.9 Å². The number of hydrogen-bond donors (Lipinski definition) is 1. The number of benzene rings is 1. The molecule has 140 valence electrons. The van der Waals surface area contributed by atoms with Crippen LogP contribution < -0.4 is 10.5 Å². The molecule has 0 saturated heterocycles. The molecule has 1 atom stereocenters. The van der Waals surface area contributed by atoms with Crippen LogP contribution in [0.1, 0.15) is 45.6 Å². The minimum Gasteiger partial charge on any atom is -0.495 e. The Morgan fingerprint density at radius 2 is 1.84 bits per heavy atom. The molecule has 7 heteroatoms. The van der Waals surface area contributed by atoms with Crippen LogP contribution >= 0.6 is 23.2 Å². The van der Waals surface area contributed by atoms with Gasteiger partial charge in [0.2, 0.25) is 0 Å². The third-order valence-electron chi connectivity index (χ3n) is 3.47. The number of esters is 1. The van der Waals surface area contributed by atoms with E-state index in [1.807, 2.05) is 0 Å². The number of ether oxygens (including phenoxy) is 2. The smallest absolute Gasteiger partial charge is 0.306 e. The van der Waals surface area contributed by atoms with E-state index in [1.165, 1.54) is 7.11 Å². The van der Waals surface area contributed by atoms with Gasteiger partial charge in [0.15, 0.2) is 0 Å². The summed E-state index contributed by atoms with van der Waals surface area (Å²) >= 11 is 12.0. The third-order valence-corrected chi connectivity index (χ3v) is 4.26. The molecule has 0 heterocycles. The first-order valence-corrected chi connectivity index (χ1v) is 8.81. The molecule has 2 N–H and O–H groups in total. The van der Waals surface area contributed by atoms with Crippen LogP contribution in [0.2, 0.25) is 10.0 Å². The molecule has 0 aliphatic carbocycles. The van der Waals surface area contributed by atoms with Crippen molar-refractivity contribution in [2.75, 3.05) is 7.11 Å². The van der Waals surface area contributed by atoms with Crippen molar-refractivity contribution >= 4 is 35.0 Å². The highest BCUT2D eigenvalue weighted by atomic mass is 35.5. The summed E-state index contributed by atoms with van der Waals surface area (Å²) in [5.74, 6) is -0.0251. The zero-order chi connectivity index (χ0) is 19.2. The molecule has 1 rings (SSSR count). The van der Waals surface area contributed by atoms with E-state index < -0.39 is 11.6 Å². The number of hydrogen-bond acceptors (Lipinski definition) is 5. The number of rotatable bonds is 8. The van der Waals surface area contributed by atoms with Gasteiger partial charge in [-0.25, -0.2) is 0 Å². The Morgan fingerprint density at radius 3 is 2.40 bits per heavy atom. The van der Waals surface area contributed by atoms with Crippen molar-refractivity contribution in [2.45, 2.75) is 58.1 Å². The highest BCUT2D eigenvalue weighted by molar-refractivity contribution is 6.43. The molecule has 0 spiro atoms. The zero-order valence-electron chi connectivity index (χ0n) is 15.0. The normalized spacial score (nSPS) is 12.6. The first kappa shape index (κ1) is 21.7. The lowest BCUT2D eigenvalue weighted by atomic mass is 10.0. The van der Waals surface area contributed by atoms with Crippen LogP contribution in [0, 0.1) is 0 Å². The second kappa shape index (κ2) is 9.41. The van der Waals surface area contributed by atoms with Gasteiger partial charge < -0.3 is 15.2 Å². The highest BCUT2D eigenvalue weighted by Crippen LogP contribution is 2.35. The molecule has 0 aromatic heterocycles. The van der Waals surface area contributed by atoms with Crippen molar-refractivity contribution in [3.8, 4) is 5.75 Å². The maximum atomic E-state index is 12.2. The van der Waals surface area contributed by atoms with E-state index in [2.05, 4.69) is 0 Å². The van der Waals surface area contributed by atoms with Gasteiger partial charge in [0.25, 0.3) is 0 Å². The van der Waals surface area contributed by atoms with Crippen LogP contribution in [0.25, 0.3) is 0 Å². The minimum absolute atomic E-state index is 0.111. The Labute approximate surface area is 158 Å². The van der Waals surface area contributed by atoms with E-state index in [-0.39, 0.29) is 31.0 Å². The molecule has 25 heavy (non-hydrogen) atoms. The number of carbonyl (C=O) groups is 2. The van der Waals surface area contributed by atoms with Gasteiger partial charge in [-0.1, -0.05) is 29.3 Å². The maximum absolute atomic E-state index is 12.2. The first-order chi connectivity index (χ1) is 11.5. The number of ketones is 1. The van der Waals surface area contributed by atoms with Crippen molar-refractivity contribution in [3.63, 3.8) is 0 Å². The van der Waals surface area contributed by atoms with Crippen LogP contribution in [-0.2, 0) is 20.7 Å². The van der Waals surface area contributed by atoms with Crippen LogP contribution in [-0.4, -0.2) is 30.5 Å². The maximum Gasteiger partial charge on any atom is 0.306 e. The molecular formula is C18H25Cl2NO4. The lowest BCUT2D eigenvalue weighted by Gasteiger charge is -2.20. The summed E-state index contributed by atoms with van der Waals surface area (Å²) < 4.78 is 10.5. The SMILES string of the molecule is COc1c(CCC(=O)[C@H](N)CCC(=O)OC(C)(C)C)ccc(Cl)c1Cl. The molecule has 5 nitrogen and oxygen atoms in total. The molecule has 1 aromatic carbocycles. The van der Waals surface area contributed by atoms with Crippen LogP contribution in [0.3, 0.4) is 0 Å². The van der Waals surface area contributed by atoms with Gasteiger partial charge in [0, 0.05) is 12.8 Å². The van der Waals surface area contributed by atoms with Crippen molar-refractivity contribution in [1.29, 1.82) is 0 Å². The Balaban J connectivity index is 2.54. The lowest BCUT2D eigenvalue weighted by Crippen LogP contribution is -2.32. The van der Waals surface area contributed by atoms with Crippen LogP contribution in [0.15, 0.2) is 12.1 Å². The van der Waals surface area contributed by atoms with Gasteiger partial charge in [-0.05, 0) is 45.2 Å². The molecule has 0 bridgehead atoms. The second-order valence-electron chi connectivity index (χ2n) is 6.75. The molecular weight excluding hydrogens is 365 g/mol. The number of Topliss-reactive ketones (excluding diaryl/α,β-unsaturated/α-hetero) is 1. The summed E-state index contributed by atoms with van der Waals surface area (Å²) in [6.07, 6.45) is 1.02. The summed E-state index contributed by atoms with van der Waals surface area (Å²) in [4.78, 5) is 23.9. The second-order valence-corrected chi connectivity index (χ2v) is 7.54. The Kier molecular flexibility index (Phi) is 8.19. The third kappa shape index (κ3) is 7.22. The van der Waals surface area contributed by atoms with E-state index in [0.717, 1.165) is 5.56 Å². The fraction of sp³-hybridized carbons (Fsp3) is 0.556. The molecule has 0 unspecified atom stereocenters. The van der Waals surface area contributed by atoms with Gasteiger partial charge in [-0.3, -0.25) is 9.59 Å². The first-order valence-electron chi connectivity index (χ1n) is 8.06. The Bertz CT molecular complexity index is 626. The van der Waals surface area contributed by atoms with Gasteiger partial charge in [0.05, 0.1) is 18.2 Å². The van der Waals surface area contributed by atoms with Gasteiger partial charge >= 0.3 is 5.97 Å². The van der Waals surface area contributed by atoms with E-state index in [9.17, 15) is 9.59 Å². The molecule has 0 saturated carbocycles. The fourth-order valence-electron chi connectivity index (χ4n) is 2.26. The van der Waals surface area contributed by atoms with E-state index in [4.69, 9.17) is 38.4 Å². The lowest BCUT2D eigenvalue weighted by molar-refractivity contribution is -0.155. The van der Waals surface area contributed by atoms with E-state index in [0.29, 0.717) is 22.2 Å². The summed E-state index contributed by atoms with van der Waals surface area (Å²) in [5, 5.41) is 0.714. The molecule has 0 amide bonds. The number of halogens is 2. The fourth-order valence-corrected chi connectivity index (χ4v) is 2.67. The zero-order valence-corrected chi connectivity index (χ0v) is 16.5. The largest absolute Gasteiger partial charge is 0.495 e. The number of carbonyl (C=O) groups excluding carboxylic acids is 2. The molecule has 0 fully saturated rings. The summed E-state index contributed by atoms with van der Waals surface area (Å²) in [7, 11) is 1.50. The van der Waals surface area contributed by atoms with Gasteiger partial charge in [-0.15, -0.1) is 0 Å². The number of nitrogens with two attached hydrogens (primary N) is 1.